The van der Waals surface area contributed by atoms with E-state index in [9.17, 15) is 0 Å². The van der Waals surface area contributed by atoms with E-state index in [0.29, 0.717) is 45.3 Å². The molecular formula is C39H28F6N2O2S2. The van der Waals surface area contributed by atoms with E-state index in [1.807, 2.05) is 48.5 Å². The van der Waals surface area contributed by atoms with Crippen LogP contribution in [0.3, 0.4) is 0 Å². The molecule has 1 aliphatic rings. The highest BCUT2D eigenvalue weighted by atomic mass is 32.1. The number of methoxy groups -OCH3 is 2. The Morgan fingerprint density at radius 3 is 1.02 bits per heavy atom. The molecule has 0 aliphatic heterocycles. The summed E-state index contributed by atoms with van der Waals surface area (Å²) in [5.41, 5.74) is 1.56. The van der Waals surface area contributed by atoms with Crippen molar-refractivity contribution in [2.45, 2.75) is 31.6 Å². The Morgan fingerprint density at radius 1 is 0.451 bits per heavy atom. The second kappa shape index (κ2) is 12.7. The zero-order valence-corrected chi connectivity index (χ0v) is 29.2. The van der Waals surface area contributed by atoms with Gasteiger partial charge >= 0.3 is 17.8 Å². The van der Waals surface area contributed by atoms with E-state index in [-0.39, 0.29) is 21.4 Å². The van der Waals surface area contributed by atoms with E-state index in [2.05, 4.69) is 9.97 Å². The standard InChI is InChI=1S/C39H28F6N2O2S2/c1-21-33(50-35(46-21)27-9-5-23(6-10-27)25-13-17-29(48-3)18-14-25)31-32(38(42,43)39(44,45)37(31,40)41)34-22(2)47-36(51-34)28-11-7-24(8-12-28)26-15-19-30(49-4)20-16-26/h5-20H,1-4H3. The topological polar surface area (TPSA) is 44.2 Å². The van der Waals surface area contributed by atoms with Gasteiger partial charge in [-0.1, -0.05) is 72.8 Å². The lowest BCUT2D eigenvalue weighted by Gasteiger charge is -2.25. The molecule has 1 aliphatic carbocycles. The molecule has 4 nitrogen and oxygen atoms in total. The lowest BCUT2D eigenvalue weighted by molar-refractivity contribution is -0.254. The minimum atomic E-state index is -5.70. The summed E-state index contributed by atoms with van der Waals surface area (Å²) < 4.78 is 104. The molecular weight excluding hydrogens is 707 g/mol. The summed E-state index contributed by atoms with van der Waals surface area (Å²) in [5, 5.41) is 0.451. The van der Waals surface area contributed by atoms with Crippen LogP contribution >= 0.6 is 22.7 Å². The van der Waals surface area contributed by atoms with Gasteiger partial charge in [0, 0.05) is 11.1 Å². The minimum Gasteiger partial charge on any atom is -0.497 e. The predicted octanol–water partition coefficient (Wildman–Crippen LogP) is 11.7. The molecule has 2 heterocycles. The first-order chi connectivity index (χ1) is 24.3. The first-order valence-electron chi connectivity index (χ1n) is 15.6. The van der Waals surface area contributed by atoms with Gasteiger partial charge < -0.3 is 9.47 Å². The van der Waals surface area contributed by atoms with Crippen LogP contribution in [0.2, 0.25) is 0 Å². The lowest BCUT2D eigenvalue weighted by atomic mass is 10.0. The van der Waals surface area contributed by atoms with Crippen LogP contribution in [-0.4, -0.2) is 42.0 Å². The molecule has 51 heavy (non-hydrogen) atoms. The number of rotatable bonds is 8. The SMILES string of the molecule is COc1ccc(-c2ccc(-c3nc(C)c(C4=C(c5sc(-c6ccc(-c7ccc(OC)cc7)cc6)nc5C)C(F)(F)C(F)(F)C4(F)F)s3)cc2)cc1. The van der Waals surface area contributed by atoms with Crippen LogP contribution in [0.4, 0.5) is 26.3 Å². The summed E-state index contributed by atoms with van der Waals surface area (Å²) in [7, 11) is 3.13. The third-order valence-electron chi connectivity index (χ3n) is 8.82. The molecule has 2 aromatic heterocycles. The number of thiazole rings is 2. The van der Waals surface area contributed by atoms with Crippen molar-refractivity contribution in [1.82, 2.24) is 9.97 Å². The Morgan fingerprint density at radius 2 is 0.725 bits per heavy atom. The van der Waals surface area contributed by atoms with Crippen molar-refractivity contribution in [3.8, 4) is 54.9 Å². The Hall–Kier alpha value is -4.94. The molecule has 0 unspecified atom stereocenters. The molecule has 0 spiro atoms. The van der Waals surface area contributed by atoms with Crippen molar-refractivity contribution in [3.63, 3.8) is 0 Å². The Kier molecular flexibility index (Phi) is 8.58. The summed E-state index contributed by atoms with van der Waals surface area (Å²) >= 11 is 1.35. The van der Waals surface area contributed by atoms with Crippen molar-refractivity contribution in [3.05, 3.63) is 118 Å². The predicted molar refractivity (Wildman–Crippen MR) is 190 cm³/mol. The monoisotopic (exact) mass is 734 g/mol. The number of nitrogens with zero attached hydrogens (tertiary/aromatic N) is 2. The Bertz CT molecular complexity index is 2100. The number of allylic oxidation sites excluding steroid dienone is 2. The molecule has 6 aromatic rings. The number of benzene rings is 4. The maximum Gasteiger partial charge on any atom is 0.380 e. The molecule has 260 valence electrons. The first kappa shape index (κ1) is 34.5. The number of halogens is 6. The van der Waals surface area contributed by atoms with Gasteiger partial charge in [0.25, 0.3) is 0 Å². The van der Waals surface area contributed by atoms with Gasteiger partial charge in [-0.3, -0.25) is 0 Å². The molecule has 0 saturated carbocycles. The van der Waals surface area contributed by atoms with E-state index < -0.39 is 38.7 Å². The van der Waals surface area contributed by atoms with Gasteiger partial charge in [0.05, 0.1) is 46.5 Å². The fourth-order valence-electron chi connectivity index (χ4n) is 6.02. The van der Waals surface area contributed by atoms with Gasteiger partial charge in [-0.25, -0.2) is 9.97 Å². The second-order valence-electron chi connectivity index (χ2n) is 12.0. The number of ether oxygens (including phenoxy) is 2. The Balaban J connectivity index is 1.28. The van der Waals surface area contributed by atoms with Gasteiger partial charge in [0.1, 0.15) is 21.5 Å². The van der Waals surface area contributed by atoms with E-state index in [4.69, 9.17) is 9.47 Å². The fourth-order valence-corrected chi connectivity index (χ4v) is 8.33. The van der Waals surface area contributed by atoms with E-state index >= 15 is 26.3 Å². The first-order valence-corrected chi connectivity index (χ1v) is 17.2. The zero-order valence-electron chi connectivity index (χ0n) is 27.5. The van der Waals surface area contributed by atoms with Crippen LogP contribution in [0.1, 0.15) is 21.1 Å². The van der Waals surface area contributed by atoms with Gasteiger partial charge in [-0.15, -0.1) is 22.7 Å². The molecule has 0 amide bonds. The van der Waals surface area contributed by atoms with Crippen molar-refractivity contribution in [2.75, 3.05) is 14.2 Å². The van der Waals surface area contributed by atoms with Crippen molar-refractivity contribution in [2.24, 2.45) is 0 Å². The highest BCUT2D eigenvalue weighted by Gasteiger charge is 2.81. The van der Waals surface area contributed by atoms with E-state index in [1.54, 1.807) is 62.8 Å². The quantitative estimate of drug-likeness (QED) is 0.146. The number of hydrogen-bond acceptors (Lipinski definition) is 6. The number of alkyl halides is 6. The minimum absolute atomic E-state index is 0.0635. The number of aryl methyl sites for hydroxylation is 2. The largest absolute Gasteiger partial charge is 0.497 e. The fraction of sp³-hybridized carbons (Fsp3) is 0.179. The molecule has 0 radical (unpaired) electrons. The van der Waals surface area contributed by atoms with Crippen molar-refractivity contribution in [1.29, 1.82) is 0 Å². The van der Waals surface area contributed by atoms with Gasteiger partial charge in [0.15, 0.2) is 0 Å². The van der Waals surface area contributed by atoms with E-state index in [1.165, 1.54) is 13.8 Å². The zero-order chi connectivity index (χ0) is 36.3. The maximum atomic E-state index is 15.8. The number of aromatic nitrogens is 2. The van der Waals surface area contributed by atoms with Gasteiger partial charge in [0.2, 0.25) is 0 Å². The normalized spacial score (nSPS) is 16.0. The summed E-state index contributed by atoms with van der Waals surface area (Å²) in [4.78, 5) is 7.90. The summed E-state index contributed by atoms with van der Waals surface area (Å²) in [6.45, 7) is 2.71. The summed E-state index contributed by atoms with van der Waals surface area (Å²) in [6, 6.07) is 28.8. The molecule has 4 aromatic carbocycles. The molecule has 7 rings (SSSR count). The maximum absolute atomic E-state index is 15.8. The Labute approximate surface area is 297 Å². The molecule has 0 N–H and O–H groups in total. The highest BCUT2D eigenvalue weighted by Crippen LogP contribution is 2.66. The lowest BCUT2D eigenvalue weighted by Crippen LogP contribution is -2.48. The van der Waals surface area contributed by atoms with E-state index in [0.717, 1.165) is 22.3 Å². The van der Waals surface area contributed by atoms with Crippen molar-refractivity contribution < 1.29 is 35.8 Å². The third kappa shape index (κ3) is 5.70. The molecule has 0 atom stereocenters. The van der Waals surface area contributed by atoms with Crippen molar-refractivity contribution >= 4 is 33.8 Å². The second-order valence-corrected chi connectivity index (χ2v) is 14.0. The van der Waals surface area contributed by atoms with Crippen LogP contribution in [0.5, 0.6) is 11.5 Å². The third-order valence-corrected chi connectivity index (χ3v) is 11.3. The van der Waals surface area contributed by atoms with Gasteiger partial charge in [-0.05, 0) is 60.4 Å². The average Bonchev–Trinajstić information content (AvgIpc) is 3.74. The van der Waals surface area contributed by atoms with Crippen LogP contribution in [0.25, 0.3) is 54.5 Å². The molecule has 0 fully saturated rings. The van der Waals surface area contributed by atoms with Crippen LogP contribution < -0.4 is 9.47 Å². The van der Waals surface area contributed by atoms with Gasteiger partial charge in [-0.2, -0.15) is 26.3 Å². The molecule has 12 heteroatoms. The molecule has 0 saturated heterocycles. The van der Waals surface area contributed by atoms with Crippen LogP contribution in [0.15, 0.2) is 97.1 Å². The smallest absolute Gasteiger partial charge is 0.380 e. The highest BCUT2D eigenvalue weighted by molar-refractivity contribution is 7.17. The van der Waals surface area contributed by atoms with Crippen LogP contribution in [-0.2, 0) is 0 Å². The average molecular weight is 735 g/mol. The van der Waals surface area contributed by atoms with Crippen LogP contribution in [0, 0.1) is 13.8 Å². The molecule has 0 bridgehead atoms. The summed E-state index contributed by atoms with van der Waals surface area (Å²) in [5.74, 6) is -14.7. The number of hydrogen-bond donors (Lipinski definition) is 0. The summed E-state index contributed by atoms with van der Waals surface area (Å²) in [6.07, 6.45) is 0.